The fourth-order valence-corrected chi connectivity index (χ4v) is 3.59. The third-order valence-electron chi connectivity index (χ3n) is 4.68. The van der Waals surface area contributed by atoms with Gasteiger partial charge in [-0.1, -0.05) is 56.2 Å². The number of aromatic nitrogens is 1. The van der Waals surface area contributed by atoms with Crippen LogP contribution in [-0.4, -0.2) is 4.98 Å². The van der Waals surface area contributed by atoms with Crippen LogP contribution < -0.4 is 5.73 Å². The predicted molar refractivity (Wildman–Crippen MR) is 92.5 cm³/mol. The summed E-state index contributed by atoms with van der Waals surface area (Å²) in [6.45, 7) is 4.37. The van der Waals surface area contributed by atoms with Gasteiger partial charge in [0, 0.05) is 29.4 Å². The van der Waals surface area contributed by atoms with Crippen LogP contribution in [0, 0.1) is 0 Å². The molecule has 0 fully saturated rings. The Hall–Kier alpha value is -1.93. The Morgan fingerprint density at radius 3 is 2.73 bits per heavy atom. The molecule has 0 bridgehead atoms. The molecule has 2 nitrogen and oxygen atoms in total. The molecule has 1 heterocycles. The van der Waals surface area contributed by atoms with Crippen LogP contribution in [-0.2, 0) is 5.54 Å². The Bertz CT molecular complexity index is 671. The van der Waals surface area contributed by atoms with Crippen LogP contribution in [0.15, 0.2) is 54.9 Å². The van der Waals surface area contributed by atoms with Gasteiger partial charge in [0.05, 0.1) is 0 Å². The highest BCUT2D eigenvalue weighted by Crippen LogP contribution is 2.52. The van der Waals surface area contributed by atoms with E-state index in [0.29, 0.717) is 0 Å². The van der Waals surface area contributed by atoms with Crippen molar-refractivity contribution >= 4 is 5.57 Å². The highest BCUT2D eigenvalue weighted by atomic mass is 14.8. The standard InChI is InChI=1S/C20H24N2/c1-3-4-6-11-16-17-14-22-13-12-18(17)20(2,21)19(16)15-9-7-5-8-10-15/h5,7-14,19H,3-4,6,21H2,1-2H3/b16-11+/t19-,20+/m1/s1. The van der Waals surface area contributed by atoms with Gasteiger partial charge in [-0.25, -0.2) is 0 Å². The van der Waals surface area contributed by atoms with Gasteiger partial charge in [-0.05, 0) is 36.1 Å². The van der Waals surface area contributed by atoms with Crippen molar-refractivity contribution in [2.24, 2.45) is 5.73 Å². The van der Waals surface area contributed by atoms with Crippen LogP contribution in [0.1, 0.15) is 55.7 Å². The molecule has 2 aromatic rings. The molecule has 0 spiro atoms. The first kappa shape index (κ1) is 15.0. The maximum Gasteiger partial charge on any atom is 0.0498 e. The third-order valence-corrected chi connectivity index (χ3v) is 4.68. The molecule has 3 rings (SSSR count). The zero-order chi connectivity index (χ0) is 15.6. The molecule has 114 valence electrons. The van der Waals surface area contributed by atoms with E-state index in [1.807, 2.05) is 12.4 Å². The number of pyridine rings is 1. The fraction of sp³-hybridized carbons (Fsp3) is 0.350. The first-order valence-corrected chi connectivity index (χ1v) is 8.15. The molecule has 0 unspecified atom stereocenters. The topological polar surface area (TPSA) is 38.9 Å². The summed E-state index contributed by atoms with van der Waals surface area (Å²) in [6.07, 6.45) is 9.71. The molecule has 0 saturated heterocycles. The quantitative estimate of drug-likeness (QED) is 0.835. The molecule has 2 atom stereocenters. The first-order chi connectivity index (χ1) is 10.7. The molecule has 1 aromatic heterocycles. The molecule has 0 saturated carbocycles. The molecule has 1 aromatic carbocycles. The minimum Gasteiger partial charge on any atom is -0.321 e. The van der Waals surface area contributed by atoms with Gasteiger partial charge < -0.3 is 5.73 Å². The summed E-state index contributed by atoms with van der Waals surface area (Å²) in [4.78, 5) is 4.33. The van der Waals surface area contributed by atoms with E-state index in [2.05, 4.69) is 61.3 Å². The van der Waals surface area contributed by atoms with Gasteiger partial charge in [-0.2, -0.15) is 0 Å². The van der Waals surface area contributed by atoms with Crippen molar-refractivity contribution in [3.63, 3.8) is 0 Å². The smallest absolute Gasteiger partial charge is 0.0498 e. The van der Waals surface area contributed by atoms with Crippen LogP contribution >= 0.6 is 0 Å². The molecular weight excluding hydrogens is 268 g/mol. The van der Waals surface area contributed by atoms with E-state index in [0.717, 1.165) is 6.42 Å². The normalized spacial score (nSPS) is 25.4. The van der Waals surface area contributed by atoms with Crippen molar-refractivity contribution < 1.29 is 0 Å². The number of benzene rings is 1. The molecule has 2 N–H and O–H groups in total. The minimum atomic E-state index is -0.391. The monoisotopic (exact) mass is 292 g/mol. The molecule has 1 aliphatic carbocycles. The van der Waals surface area contributed by atoms with E-state index in [1.54, 1.807) is 0 Å². The molecule has 0 aliphatic heterocycles. The van der Waals surface area contributed by atoms with Crippen molar-refractivity contribution in [2.45, 2.75) is 44.6 Å². The fourth-order valence-electron chi connectivity index (χ4n) is 3.59. The third kappa shape index (κ3) is 2.48. The first-order valence-electron chi connectivity index (χ1n) is 8.15. The Balaban J connectivity index is 2.12. The number of rotatable bonds is 4. The van der Waals surface area contributed by atoms with E-state index in [9.17, 15) is 0 Å². The summed E-state index contributed by atoms with van der Waals surface area (Å²) in [5.41, 5.74) is 11.5. The number of nitrogens with two attached hydrogens (primary N) is 1. The van der Waals surface area contributed by atoms with Gasteiger partial charge in [-0.3, -0.25) is 4.98 Å². The lowest BCUT2D eigenvalue weighted by molar-refractivity contribution is 0.470. The van der Waals surface area contributed by atoms with Crippen LogP contribution in [0.3, 0.4) is 0 Å². The summed E-state index contributed by atoms with van der Waals surface area (Å²) in [7, 11) is 0. The maximum atomic E-state index is 6.79. The van der Waals surface area contributed by atoms with E-state index >= 15 is 0 Å². The highest BCUT2D eigenvalue weighted by molar-refractivity contribution is 5.81. The lowest BCUT2D eigenvalue weighted by Crippen LogP contribution is -2.36. The zero-order valence-electron chi connectivity index (χ0n) is 13.4. The predicted octanol–water partition coefficient (Wildman–Crippen LogP) is 4.63. The van der Waals surface area contributed by atoms with Crippen LogP contribution in [0.2, 0.25) is 0 Å². The summed E-state index contributed by atoms with van der Waals surface area (Å²) in [6, 6.07) is 12.7. The number of fused-ring (bicyclic) bond motifs is 1. The molecule has 22 heavy (non-hydrogen) atoms. The lowest BCUT2D eigenvalue weighted by atomic mass is 9.80. The number of allylic oxidation sites excluding steroid dienone is 1. The van der Waals surface area contributed by atoms with Crippen molar-refractivity contribution in [1.29, 1.82) is 0 Å². The SMILES string of the molecule is CCCC/C=C1\c2cnccc2[C@](C)(N)[C@@H]1c1ccccc1. The van der Waals surface area contributed by atoms with E-state index in [1.165, 1.54) is 35.1 Å². The molecule has 2 heteroatoms. The van der Waals surface area contributed by atoms with Crippen molar-refractivity contribution in [2.75, 3.05) is 0 Å². The van der Waals surface area contributed by atoms with Gasteiger partial charge >= 0.3 is 0 Å². The molecular formula is C20H24N2. The van der Waals surface area contributed by atoms with E-state index in [4.69, 9.17) is 5.73 Å². The Kier molecular flexibility index (Phi) is 4.12. The van der Waals surface area contributed by atoms with Crippen molar-refractivity contribution in [1.82, 2.24) is 4.98 Å². The zero-order valence-corrected chi connectivity index (χ0v) is 13.4. The minimum absolute atomic E-state index is 0.199. The number of unbranched alkanes of at least 4 members (excludes halogenated alkanes) is 2. The summed E-state index contributed by atoms with van der Waals surface area (Å²) >= 11 is 0. The molecule has 0 amide bonds. The largest absolute Gasteiger partial charge is 0.321 e. The van der Waals surface area contributed by atoms with Crippen LogP contribution in [0.25, 0.3) is 5.57 Å². The van der Waals surface area contributed by atoms with Gasteiger partial charge in [0.2, 0.25) is 0 Å². The number of nitrogens with zero attached hydrogens (tertiary/aromatic N) is 1. The number of hydrogen-bond acceptors (Lipinski definition) is 2. The van der Waals surface area contributed by atoms with Gasteiger partial charge in [0.1, 0.15) is 0 Å². The van der Waals surface area contributed by atoms with Gasteiger partial charge in [-0.15, -0.1) is 0 Å². The average molecular weight is 292 g/mol. The summed E-state index contributed by atoms with van der Waals surface area (Å²) in [5, 5.41) is 0. The van der Waals surface area contributed by atoms with Gasteiger partial charge in [0.25, 0.3) is 0 Å². The second-order valence-corrected chi connectivity index (χ2v) is 6.35. The van der Waals surface area contributed by atoms with E-state index < -0.39 is 5.54 Å². The average Bonchev–Trinajstić information content (AvgIpc) is 2.77. The second kappa shape index (κ2) is 6.05. The second-order valence-electron chi connectivity index (χ2n) is 6.35. The summed E-state index contributed by atoms with van der Waals surface area (Å²) < 4.78 is 0. The van der Waals surface area contributed by atoms with Crippen LogP contribution in [0.5, 0.6) is 0 Å². The van der Waals surface area contributed by atoms with Gasteiger partial charge in [0.15, 0.2) is 0 Å². The Morgan fingerprint density at radius 1 is 1.23 bits per heavy atom. The molecule has 1 aliphatic rings. The van der Waals surface area contributed by atoms with Crippen molar-refractivity contribution in [3.8, 4) is 0 Å². The Labute approximate surface area is 133 Å². The van der Waals surface area contributed by atoms with Crippen LogP contribution in [0.4, 0.5) is 0 Å². The lowest BCUT2D eigenvalue weighted by Gasteiger charge is -2.29. The highest BCUT2D eigenvalue weighted by Gasteiger charge is 2.44. The van der Waals surface area contributed by atoms with E-state index in [-0.39, 0.29) is 5.92 Å². The summed E-state index contributed by atoms with van der Waals surface area (Å²) in [5.74, 6) is 0.199. The number of hydrogen-bond donors (Lipinski definition) is 1. The van der Waals surface area contributed by atoms with Crippen molar-refractivity contribution in [3.05, 3.63) is 71.6 Å². The molecule has 0 radical (unpaired) electrons. The maximum absolute atomic E-state index is 6.79. The Morgan fingerprint density at radius 2 is 2.00 bits per heavy atom.